The van der Waals surface area contributed by atoms with Crippen molar-refractivity contribution in [2.75, 3.05) is 52.9 Å². The molecular formula is C50H85NO41. The molecule has 42 nitrogen and oxygen atoms in total. The lowest BCUT2D eigenvalue weighted by Gasteiger charge is -2.50. The fraction of sp³-hybridized carbons (Fsp3) is 0.980. The SMILES string of the molecule is CC(=O)N[C@H]1C(O)O[C@H](CO)[C@@H](O[C@@H]2O[C@H](CO[C@H]3O[C@H](CO[C@H]4O[C@H](CO)[C@@H](O)[C@H](O)[C@@H]4O[C@H]4O[C@H](CO)[C@@H](O)[C@H](O)[C@@H]4O)[C@@H](O)[C@H](O)[C@@H]3O)[C@@H](O)[C@H](O[C@H]3O[C@H](CO)[C@@H](O)[C@H](O)[C@@H]3O[C@H]3O[C@H](CO)[C@@H](O)[C@H](O)[C@@H]3O[C@H]3O[C@H](CO)[C@@H](O)[C@H](O)[C@@H]3O)[C@@H]2O)[C@@H]1O. The third-order valence-electron chi connectivity index (χ3n) is 17.0. The molecule has 8 rings (SSSR count). The smallest absolute Gasteiger partial charge is 0.217 e. The number of amides is 1. The monoisotopic (exact) mass is 1360 g/mol. The van der Waals surface area contributed by atoms with Gasteiger partial charge in [-0.1, -0.05) is 0 Å². The Balaban J connectivity index is 1.06. The zero-order chi connectivity index (χ0) is 67.6. The topological polar surface area (TPSA) is 673 Å². The Bertz CT molecular complexity index is 2260. The van der Waals surface area contributed by atoms with Crippen LogP contribution < -0.4 is 5.32 Å². The lowest BCUT2D eigenvalue weighted by molar-refractivity contribution is -0.407. The van der Waals surface area contributed by atoms with Crippen molar-refractivity contribution in [3.05, 3.63) is 0 Å². The van der Waals surface area contributed by atoms with E-state index in [0.717, 1.165) is 6.92 Å². The van der Waals surface area contributed by atoms with Gasteiger partial charge in [-0.05, 0) is 0 Å². The molecule has 26 N–H and O–H groups in total. The van der Waals surface area contributed by atoms with Gasteiger partial charge in [0.15, 0.2) is 50.3 Å². The maximum Gasteiger partial charge on any atom is 0.217 e. The molecule has 536 valence electrons. The van der Waals surface area contributed by atoms with Crippen LogP contribution in [0.15, 0.2) is 0 Å². The Morgan fingerprint density at radius 3 is 1.00 bits per heavy atom. The second-order valence-electron chi connectivity index (χ2n) is 23.2. The first-order chi connectivity index (χ1) is 43.5. The van der Waals surface area contributed by atoms with Gasteiger partial charge in [-0.2, -0.15) is 0 Å². The van der Waals surface area contributed by atoms with Crippen molar-refractivity contribution < 1.29 is 204 Å². The van der Waals surface area contributed by atoms with Crippen molar-refractivity contribution in [1.29, 1.82) is 0 Å². The van der Waals surface area contributed by atoms with Gasteiger partial charge in [-0.25, -0.2) is 0 Å². The molecule has 1 unspecified atom stereocenters. The molecule has 8 heterocycles. The Morgan fingerprint density at radius 1 is 0.283 bits per heavy atom. The minimum absolute atomic E-state index is 0.818. The molecule has 0 aliphatic carbocycles. The zero-order valence-corrected chi connectivity index (χ0v) is 48.5. The lowest BCUT2D eigenvalue weighted by Crippen LogP contribution is -2.69. The van der Waals surface area contributed by atoms with Gasteiger partial charge in [0.25, 0.3) is 0 Å². The Morgan fingerprint density at radius 2 is 0.576 bits per heavy atom. The summed E-state index contributed by atoms with van der Waals surface area (Å²) in [4.78, 5) is 12.2. The molecule has 0 aromatic heterocycles. The molecule has 0 bridgehead atoms. The summed E-state index contributed by atoms with van der Waals surface area (Å²) in [7, 11) is 0. The van der Waals surface area contributed by atoms with Gasteiger partial charge in [0.2, 0.25) is 5.91 Å². The quantitative estimate of drug-likeness (QED) is 0.0452. The third-order valence-corrected chi connectivity index (χ3v) is 17.0. The van der Waals surface area contributed by atoms with Crippen LogP contribution in [0.3, 0.4) is 0 Å². The van der Waals surface area contributed by atoms with Crippen molar-refractivity contribution in [2.24, 2.45) is 0 Å². The van der Waals surface area contributed by atoms with E-state index in [1.54, 1.807) is 0 Å². The van der Waals surface area contributed by atoms with Crippen molar-refractivity contribution in [2.45, 2.75) is 253 Å². The van der Waals surface area contributed by atoms with Crippen molar-refractivity contribution in [3.63, 3.8) is 0 Å². The first-order valence-electron chi connectivity index (χ1n) is 29.2. The van der Waals surface area contributed by atoms with E-state index in [4.69, 9.17) is 71.1 Å². The van der Waals surface area contributed by atoms with Crippen LogP contribution >= 0.6 is 0 Å². The fourth-order valence-electron chi connectivity index (χ4n) is 11.6. The van der Waals surface area contributed by atoms with Crippen LogP contribution in [0.25, 0.3) is 0 Å². The predicted molar refractivity (Wildman–Crippen MR) is 276 cm³/mol. The second kappa shape index (κ2) is 32.7. The number of hydrogen-bond acceptors (Lipinski definition) is 41. The molecule has 42 heteroatoms. The van der Waals surface area contributed by atoms with E-state index in [9.17, 15) is 132 Å². The van der Waals surface area contributed by atoms with Crippen LogP contribution in [-0.2, 0) is 75.8 Å². The maximum absolute atomic E-state index is 12.2. The van der Waals surface area contributed by atoms with E-state index >= 15 is 0 Å². The first kappa shape index (κ1) is 75.6. The maximum atomic E-state index is 12.2. The van der Waals surface area contributed by atoms with Crippen LogP contribution in [0.2, 0.25) is 0 Å². The summed E-state index contributed by atoms with van der Waals surface area (Å²) in [5.74, 6) is -0.818. The van der Waals surface area contributed by atoms with E-state index in [2.05, 4.69) is 5.32 Å². The average Bonchev–Trinajstić information content (AvgIpc) is 1.00. The molecule has 0 saturated carbocycles. The molecule has 0 radical (unpaired) electrons. The third kappa shape index (κ3) is 16.0. The second-order valence-corrected chi connectivity index (χ2v) is 23.2. The summed E-state index contributed by atoms with van der Waals surface area (Å²) in [6.07, 6.45) is -79.9. The average molecular weight is 1360 g/mol. The largest absolute Gasteiger partial charge is 0.394 e. The highest BCUT2D eigenvalue weighted by Crippen LogP contribution is 2.38. The summed E-state index contributed by atoms with van der Waals surface area (Å²) in [5.41, 5.74) is 0. The normalized spacial score (nSPS) is 52.2. The van der Waals surface area contributed by atoms with Crippen LogP contribution in [0.4, 0.5) is 0 Å². The molecular weight excluding hydrogens is 1270 g/mol. The molecule has 0 aromatic carbocycles. The lowest BCUT2D eigenvalue weighted by atomic mass is 9.95. The summed E-state index contributed by atoms with van der Waals surface area (Å²) in [5, 5.41) is 272. The van der Waals surface area contributed by atoms with E-state index in [0.29, 0.717) is 0 Å². The van der Waals surface area contributed by atoms with E-state index < -0.39 is 304 Å². The molecule has 92 heavy (non-hydrogen) atoms. The Hall–Kier alpha value is -2.13. The van der Waals surface area contributed by atoms with E-state index in [-0.39, 0.29) is 0 Å². The van der Waals surface area contributed by atoms with Gasteiger partial charge < -0.3 is 204 Å². The predicted octanol–water partition coefficient (Wildman–Crippen LogP) is -18.3. The van der Waals surface area contributed by atoms with E-state index in [1.165, 1.54) is 0 Å². The zero-order valence-electron chi connectivity index (χ0n) is 48.5. The first-order valence-corrected chi connectivity index (χ1v) is 29.2. The number of aliphatic hydroxyl groups excluding tert-OH is 25. The number of ether oxygens (including phenoxy) is 15. The number of carbonyl (C=O) groups excluding carboxylic acids is 1. The number of aliphatic hydroxyl groups is 25. The summed E-state index contributed by atoms with van der Waals surface area (Å²) in [6, 6.07) is -1.71. The van der Waals surface area contributed by atoms with Crippen LogP contribution in [0, 0.1) is 0 Å². The molecule has 0 spiro atoms. The highest BCUT2D eigenvalue weighted by molar-refractivity contribution is 5.73. The van der Waals surface area contributed by atoms with Gasteiger partial charge in [-0.15, -0.1) is 0 Å². The number of carbonyl (C=O) groups is 1. The highest BCUT2D eigenvalue weighted by Gasteiger charge is 2.59. The summed E-state index contributed by atoms with van der Waals surface area (Å²) >= 11 is 0. The fourth-order valence-corrected chi connectivity index (χ4v) is 11.6. The van der Waals surface area contributed by atoms with Crippen molar-refractivity contribution >= 4 is 5.91 Å². The molecule has 8 fully saturated rings. The van der Waals surface area contributed by atoms with Crippen molar-refractivity contribution in [1.82, 2.24) is 5.32 Å². The minimum Gasteiger partial charge on any atom is -0.394 e. The molecule has 0 aromatic rings. The Kier molecular flexibility index (Phi) is 26.9. The highest BCUT2D eigenvalue weighted by atomic mass is 16.8. The van der Waals surface area contributed by atoms with E-state index in [1.807, 2.05) is 0 Å². The molecule has 8 aliphatic heterocycles. The number of hydrogen-bond donors (Lipinski definition) is 26. The Labute approximate surface area is 519 Å². The molecule has 40 atom stereocenters. The van der Waals surface area contributed by atoms with Gasteiger partial charge in [0, 0.05) is 6.92 Å². The molecule has 1 amide bonds. The van der Waals surface area contributed by atoms with Gasteiger partial charge in [-0.3, -0.25) is 4.79 Å². The molecule has 8 aliphatic rings. The molecule has 8 saturated heterocycles. The standard InChI is InChI=1S/C50H85NO41/c1-10(58)51-19-27(66)38(16(7-57)80-43(19)77)88-47-37(76)39(89-49-42(33(72)24(63)14(5-55)84-49)92-50-41(32(71)23(62)15(6-56)85-50)91-46-36(75)29(68)21(60)12(3-53)82-46)26(65)18(87-47)9-78-44-34(73)30(69)25(64)17(86-44)8-79-48-40(31(70)22(61)13(4-54)83-48)90-45-35(74)28(67)20(59)11(2-52)81-45/h11-50,52-57,59-77H,2-9H2,1H3,(H,51,58)/t11-,12-,13-,14-,15-,16-,17-,18-,19-,20-,21-,22-,23-,24-,25-,26-,27-,28+,29+,30+,31+,32+,33+,34+,35+,36+,37+,38-,39+,40+,41+,42+,43?,44+,45-,46-,47+,48+,49-,50-/m1/s1. The summed E-state index contributed by atoms with van der Waals surface area (Å²) in [6.45, 7) is -7.13. The van der Waals surface area contributed by atoms with Gasteiger partial charge in [0.1, 0.15) is 195 Å². The number of nitrogens with one attached hydrogen (secondary N) is 1. The van der Waals surface area contributed by atoms with Crippen LogP contribution in [0.1, 0.15) is 6.92 Å². The minimum atomic E-state index is -2.43. The van der Waals surface area contributed by atoms with Crippen LogP contribution in [-0.4, -0.2) is 432 Å². The van der Waals surface area contributed by atoms with Crippen molar-refractivity contribution in [3.8, 4) is 0 Å². The van der Waals surface area contributed by atoms with Gasteiger partial charge in [0.05, 0.1) is 52.9 Å². The summed E-state index contributed by atoms with van der Waals surface area (Å²) < 4.78 is 85.9. The van der Waals surface area contributed by atoms with Crippen LogP contribution in [0.5, 0.6) is 0 Å². The number of rotatable bonds is 23. The van der Waals surface area contributed by atoms with Gasteiger partial charge >= 0.3 is 0 Å².